The van der Waals surface area contributed by atoms with Gasteiger partial charge in [0, 0.05) is 18.3 Å². The number of anilines is 1. The summed E-state index contributed by atoms with van der Waals surface area (Å²) < 4.78 is 37.1. The number of amides is 2. The summed E-state index contributed by atoms with van der Waals surface area (Å²) in [5.41, 5.74) is 5.35. The maximum atomic E-state index is 12.4. The quantitative estimate of drug-likeness (QED) is 0.782. The molecule has 0 aliphatic carbocycles. The molecular weight excluding hydrogens is 283 g/mol. The zero-order chi connectivity index (χ0) is 16.0. The van der Waals surface area contributed by atoms with Crippen molar-refractivity contribution in [3.8, 4) is 0 Å². The number of nitrogens with two attached hydrogens (primary N) is 1. The molecule has 0 fully saturated rings. The molecule has 0 spiro atoms. The molecule has 118 valence electrons. The molecule has 1 aromatic carbocycles. The maximum Gasteiger partial charge on any atom is 0.416 e. The number of nitrogens with one attached hydrogen (secondary N) is 2. The van der Waals surface area contributed by atoms with Gasteiger partial charge in [-0.2, -0.15) is 13.2 Å². The van der Waals surface area contributed by atoms with Crippen molar-refractivity contribution in [2.75, 3.05) is 11.9 Å². The summed E-state index contributed by atoms with van der Waals surface area (Å²) in [4.78, 5) is 11.6. The van der Waals surface area contributed by atoms with Crippen LogP contribution in [-0.4, -0.2) is 18.6 Å². The summed E-state index contributed by atoms with van der Waals surface area (Å²) in [6.07, 6.45) is -3.61. The molecule has 0 bridgehead atoms. The third kappa shape index (κ3) is 6.48. The molecule has 0 saturated heterocycles. The van der Waals surface area contributed by atoms with Gasteiger partial charge in [-0.05, 0) is 36.6 Å². The number of hydrogen-bond acceptors (Lipinski definition) is 2. The minimum Gasteiger partial charge on any atom is -0.336 e. The van der Waals surface area contributed by atoms with Crippen LogP contribution in [-0.2, 0) is 6.18 Å². The van der Waals surface area contributed by atoms with Gasteiger partial charge in [-0.15, -0.1) is 0 Å². The second-order valence-corrected chi connectivity index (χ2v) is 5.30. The third-order valence-electron chi connectivity index (χ3n) is 2.77. The first-order valence-corrected chi connectivity index (χ1v) is 6.66. The fourth-order valence-electron chi connectivity index (χ4n) is 1.83. The highest BCUT2D eigenvalue weighted by atomic mass is 19.4. The van der Waals surface area contributed by atoms with Crippen LogP contribution in [0.2, 0.25) is 0 Å². The molecule has 0 radical (unpaired) electrons. The van der Waals surface area contributed by atoms with E-state index in [4.69, 9.17) is 5.73 Å². The molecular formula is C14H20F3N3O. The van der Waals surface area contributed by atoms with Crippen molar-refractivity contribution in [3.63, 3.8) is 0 Å². The average molecular weight is 303 g/mol. The van der Waals surface area contributed by atoms with Crippen LogP contribution in [0.3, 0.4) is 0 Å². The number of halogens is 3. The van der Waals surface area contributed by atoms with E-state index in [1.54, 1.807) is 0 Å². The van der Waals surface area contributed by atoms with E-state index in [9.17, 15) is 18.0 Å². The predicted molar refractivity (Wildman–Crippen MR) is 75.9 cm³/mol. The first kappa shape index (κ1) is 17.3. The van der Waals surface area contributed by atoms with E-state index in [0.29, 0.717) is 12.5 Å². The molecule has 0 aliphatic heterocycles. The minimum atomic E-state index is -4.38. The zero-order valence-electron chi connectivity index (χ0n) is 12.0. The number of urea groups is 1. The number of alkyl halides is 3. The van der Waals surface area contributed by atoms with E-state index in [-0.39, 0.29) is 11.7 Å². The van der Waals surface area contributed by atoms with Gasteiger partial charge in [0.15, 0.2) is 0 Å². The van der Waals surface area contributed by atoms with Crippen molar-refractivity contribution >= 4 is 11.7 Å². The summed E-state index contributed by atoms with van der Waals surface area (Å²) in [5.74, 6) is 0.430. The smallest absolute Gasteiger partial charge is 0.336 e. The van der Waals surface area contributed by atoms with Crippen molar-refractivity contribution < 1.29 is 18.0 Å². The van der Waals surface area contributed by atoms with E-state index in [0.717, 1.165) is 18.6 Å². The number of carbonyl (C=O) groups is 1. The van der Waals surface area contributed by atoms with Gasteiger partial charge in [0.25, 0.3) is 0 Å². The Morgan fingerprint density at radius 2 is 1.81 bits per heavy atom. The van der Waals surface area contributed by atoms with Gasteiger partial charge in [0.05, 0.1) is 5.56 Å². The second-order valence-electron chi connectivity index (χ2n) is 5.30. The Morgan fingerprint density at radius 1 is 1.24 bits per heavy atom. The molecule has 4 nitrogen and oxygen atoms in total. The molecule has 0 heterocycles. The van der Waals surface area contributed by atoms with Gasteiger partial charge in [0.2, 0.25) is 0 Å². The SMILES string of the molecule is CC(C)CC(N)CNC(=O)Nc1ccc(C(F)(F)F)cc1. The Morgan fingerprint density at radius 3 is 2.29 bits per heavy atom. The van der Waals surface area contributed by atoms with E-state index in [1.165, 1.54) is 12.1 Å². The molecule has 0 aromatic heterocycles. The Kier molecular flexibility index (Phi) is 6.02. The van der Waals surface area contributed by atoms with Crippen molar-refractivity contribution in [2.24, 2.45) is 11.7 Å². The standard InChI is InChI=1S/C14H20F3N3O/c1-9(2)7-11(18)8-19-13(21)20-12-5-3-10(4-6-12)14(15,16)17/h3-6,9,11H,7-8,18H2,1-2H3,(H2,19,20,21). The van der Waals surface area contributed by atoms with Crippen LogP contribution >= 0.6 is 0 Å². The average Bonchev–Trinajstić information content (AvgIpc) is 2.35. The first-order valence-electron chi connectivity index (χ1n) is 6.66. The summed E-state index contributed by atoms with van der Waals surface area (Å²) in [5, 5.41) is 5.04. The number of rotatable bonds is 5. The van der Waals surface area contributed by atoms with Crippen LogP contribution in [0.5, 0.6) is 0 Å². The highest BCUT2D eigenvalue weighted by Crippen LogP contribution is 2.29. The normalized spacial score (nSPS) is 13.1. The Balaban J connectivity index is 2.45. The molecule has 0 saturated carbocycles. The van der Waals surface area contributed by atoms with E-state index in [2.05, 4.69) is 10.6 Å². The van der Waals surface area contributed by atoms with E-state index >= 15 is 0 Å². The lowest BCUT2D eigenvalue weighted by atomic mass is 10.0. The Labute approximate surface area is 121 Å². The number of hydrogen-bond donors (Lipinski definition) is 3. The summed E-state index contributed by atoms with van der Waals surface area (Å²) in [6, 6.07) is 3.60. The molecule has 21 heavy (non-hydrogen) atoms. The van der Waals surface area contributed by atoms with E-state index < -0.39 is 17.8 Å². The van der Waals surface area contributed by atoms with Crippen molar-refractivity contribution in [3.05, 3.63) is 29.8 Å². The van der Waals surface area contributed by atoms with Crippen LogP contribution in [0.1, 0.15) is 25.8 Å². The van der Waals surface area contributed by atoms with Crippen LogP contribution in [0.4, 0.5) is 23.7 Å². The van der Waals surface area contributed by atoms with Crippen molar-refractivity contribution in [1.82, 2.24) is 5.32 Å². The molecule has 1 rings (SSSR count). The number of benzene rings is 1. The minimum absolute atomic E-state index is 0.150. The first-order chi connectivity index (χ1) is 9.68. The Bertz CT molecular complexity index is 458. The van der Waals surface area contributed by atoms with Crippen LogP contribution in [0.25, 0.3) is 0 Å². The second kappa shape index (κ2) is 7.31. The van der Waals surface area contributed by atoms with Crippen LogP contribution in [0.15, 0.2) is 24.3 Å². The lowest BCUT2D eigenvalue weighted by Crippen LogP contribution is -2.39. The predicted octanol–water partition coefficient (Wildman–Crippen LogP) is 3.20. The van der Waals surface area contributed by atoms with E-state index in [1.807, 2.05) is 13.8 Å². The molecule has 2 amide bonds. The number of carbonyl (C=O) groups excluding carboxylic acids is 1. The van der Waals surface area contributed by atoms with Gasteiger partial charge in [-0.1, -0.05) is 13.8 Å². The van der Waals surface area contributed by atoms with Crippen LogP contribution in [0, 0.1) is 5.92 Å². The van der Waals surface area contributed by atoms with Gasteiger partial charge in [-0.25, -0.2) is 4.79 Å². The van der Waals surface area contributed by atoms with Gasteiger partial charge < -0.3 is 16.4 Å². The Hall–Kier alpha value is -1.76. The summed E-state index contributed by atoms with van der Waals surface area (Å²) in [7, 11) is 0. The highest BCUT2D eigenvalue weighted by molar-refractivity contribution is 5.89. The van der Waals surface area contributed by atoms with Gasteiger partial charge >= 0.3 is 12.2 Å². The lowest BCUT2D eigenvalue weighted by molar-refractivity contribution is -0.137. The van der Waals surface area contributed by atoms with Gasteiger partial charge in [-0.3, -0.25) is 0 Å². The molecule has 1 aromatic rings. The molecule has 1 unspecified atom stereocenters. The highest BCUT2D eigenvalue weighted by Gasteiger charge is 2.29. The summed E-state index contributed by atoms with van der Waals surface area (Å²) in [6.45, 7) is 4.37. The molecule has 1 atom stereocenters. The molecule has 4 N–H and O–H groups in total. The largest absolute Gasteiger partial charge is 0.416 e. The summed E-state index contributed by atoms with van der Waals surface area (Å²) >= 11 is 0. The van der Waals surface area contributed by atoms with Gasteiger partial charge in [0.1, 0.15) is 0 Å². The molecule has 0 aliphatic rings. The van der Waals surface area contributed by atoms with Crippen molar-refractivity contribution in [1.29, 1.82) is 0 Å². The topological polar surface area (TPSA) is 67.1 Å². The maximum absolute atomic E-state index is 12.4. The fraction of sp³-hybridized carbons (Fsp3) is 0.500. The van der Waals surface area contributed by atoms with Crippen LogP contribution < -0.4 is 16.4 Å². The molecule has 7 heteroatoms. The monoisotopic (exact) mass is 303 g/mol. The van der Waals surface area contributed by atoms with Crippen molar-refractivity contribution in [2.45, 2.75) is 32.5 Å². The fourth-order valence-corrected chi connectivity index (χ4v) is 1.83. The lowest BCUT2D eigenvalue weighted by Gasteiger charge is -2.15. The zero-order valence-corrected chi connectivity index (χ0v) is 12.0. The third-order valence-corrected chi connectivity index (χ3v) is 2.77.